The van der Waals surface area contributed by atoms with Gasteiger partial charge in [-0.15, -0.1) is 0 Å². The zero-order chi connectivity index (χ0) is 17.9. The van der Waals surface area contributed by atoms with Crippen LogP contribution in [0.25, 0.3) is 0 Å². The maximum Gasteiger partial charge on any atom is 0.215 e. The Morgan fingerprint density at radius 1 is 1.20 bits per heavy atom. The lowest BCUT2D eigenvalue weighted by Gasteiger charge is -2.19. The van der Waals surface area contributed by atoms with Crippen LogP contribution in [-0.4, -0.2) is 30.7 Å². The second-order valence-electron chi connectivity index (χ2n) is 6.05. The van der Waals surface area contributed by atoms with E-state index in [1.807, 2.05) is 12.1 Å². The Labute approximate surface area is 146 Å². The van der Waals surface area contributed by atoms with Crippen molar-refractivity contribution in [1.29, 1.82) is 0 Å². The molecule has 2 atom stereocenters. The Morgan fingerprint density at radius 2 is 1.88 bits per heavy atom. The van der Waals surface area contributed by atoms with E-state index in [1.54, 1.807) is 19.2 Å². The predicted molar refractivity (Wildman–Crippen MR) is 91.1 cm³/mol. The van der Waals surface area contributed by atoms with Crippen LogP contribution in [0.3, 0.4) is 0 Å². The quantitative estimate of drug-likeness (QED) is 0.850. The molecule has 1 saturated carbocycles. The fourth-order valence-electron chi connectivity index (χ4n) is 3.14. The lowest BCUT2D eigenvalue weighted by Crippen LogP contribution is -2.36. The largest absolute Gasteiger partial charge is 0.497 e. The van der Waals surface area contributed by atoms with E-state index in [-0.39, 0.29) is 12.5 Å². The van der Waals surface area contributed by atoms with Gasteiger partial charge in [0.05, 0.1) is 24.8 Å². The average Bonchev–Trinajstić information content (AvgIpc) is 3.12. The van der Waals surface area contributed by atoms with E-state index in [0.717, 1.165) is 30.1 Å². The van der Waals surface area contributed by atoms with Gasteiger partial charge >= 0.3 is 0 Å². The molecule has 1 aromatic carbocycles. The van der Waals surface area contributed by atoms with Crippen molar-refractivity contribution in [2.75, 3.05) is 7.11 Å². The molecule has 3 rings (SSSR count). The van der Waals surface area contributed by atoms with Gasteiger partial charge in [0.25, 0.3) is 0 Å². The van der Waals surface area contributed by atoms with Crippen LogP contribution in [0.2, 0.25) is 0 Å². The Balaban J connectivity index is 1.70. The van der Waals surface area contributed by atoms with Crippen LogP contribution in [0, 0.1) is 5.82 Å². The molecule has 0 aliphatic heterocycles. The molecule has 8 heteroatoms. The van der Waals surface area contributed by atoms with Gasteiger partial charge in [0.1, 0.15) is 11.6 Å². The number of aromatic nitrogens is 2. The van der Waals surface area contributed by atoms with Crippen LogP contribution in [0.5, 0.6) is 5.75 Å². The van der Waals surface area contributed by atoms with Crippen molar-refractivity contribution in [3.8, 4) is 5.75 Å². The minimum atomic E-state index is -3.54. The molecule has 25 heavy (non-hydrogen) atoms. The van der Waals surface area contributed by atoms with Gasteiger partial charge in [-0.2, -0.15) is 0 Å². The Kier molecular flexibility index (Phi) is 5.29. The first-order chi connectivity index (χ1) is 12.0. The molecular weight excluding hydrogens is 345 g/mol. The number of benzene rings is 1. The number of ether oxygens (including phenoxy) is 1. The summed E-state index contributed by atoms with van der Waals surface area (Å²) in [7, 11) is -1.96. The molecule has 2 aromatic rings. The van der Waals surface area contributed by atoms with E-state index in [0.29, 0.717) is 18.7 Å². The predicted octanol–water partition coefficient (Wildman–Crippen LogP) is 2.38. The molecule has 1 aliphatic carbocycles. The van der Waals surface area contributed by atoms with Crippen molar-refractivity contribution < 1.29 is 17.5 Å². The number of sulfonamides is 1. The second-order valence-corrected chi connectivity index (χ2v) is 8.03. The molecule has 1 heterocycles. The second kappa shape index (κ2) is 7.45. The van der Waals surface area contributed by atoms with Crippen LogP contribution >= 0.6 is 0 Å². The standard InChI is InChI=1S/C17H20FN3O3S/c1-24-14-7-5-12(6-8-14)9-21-25(22,23)16-4-2-3-15(16)17-19-10-13(18)11-20-17/h5-8,10-11,15-16,21H,2-4,9H2,1H3/t15-,16+/m1/s1. The molecule has 1 N–H and O–H groups in total. The molecule has 1 aromatic heterocycles. The molecule has 0 amide bonds. The molecule has 134 valence electrons. The fourth-order valence-corrected chi connectivity index (χ4v) is 4.89. The minimum Gasteiger partial charge on any atom is -0.497 e. The van der Waals surface area contributed by atoms with E-state index in [4.69, 9.17) is 4.74 Å². The van der Waals surface area contributed by atoms with Crippen molar-refractivity contribution in [1.82, 2.24) is 14.7 Å². The van der Waals surface area contributed by atoms with E-state index < -0.39 is 21.1 Å². The molecule has 6 nitrogen and oxygen atoms in total. The van der Waals surface area contributed by atoms with Gasteiger partial charge in [0.15, 0.2) is 5.82 Å². The summed E-state index contributed by atoms with van der Waals surface area (Å²) in [6.45, 7) is 0.208. The third-order valence-corrected chi connectivity index (χ3v) is 6.37. The number of hydrogen-bond donors (Lipinski definition) is 1. The highest BCUT2D eigenvalue weighted by atomic mass is 32.2. The van der Waals surface area contributed by atoms with E-state index in [2.05, 4.69) is 14.7 Å². The van der Waals surface area contributed by atoms with Gasteiger partial charge in [0.2, 0.25) is 10.0 Å². The number of hydrogen-bond acceptors (Lipinski definition) is 5. The summed E-state index contributed by atoms with van der Waals surface area (Å²) in [5.41, 5.74) is 0.844. The minimum absolute atomic E-state index is 0.208. The van der Waals surface area contributed by atoms with Crippen LogP contribution in [0.4, 0.5) is 4.39 Å². The Bertz CT molecular complexity index is 810. The van der Waals surface area contributed by atoms with E-state index in [1.165, 1.54) is 0 Å². The average molecular weight is 365 g/mol. The Hall–Kier alpha value is -2.06. The molecule has 0 saturated heterocycles. The topological polar surface area (TPSA) is 81.2 Å². The van der Waals surface area contributed by atoms with Gasteiger partial charge in [-0.25, -0.2) is 27.5 Å². The molecular formula is C17H20FN3O3S. The lowest BCUT2D eigenvalue weighted by atomic mass is 10.1. The molecule has 0 spiro atoms. The summed E-state index contributed by atoms with van der Waals surface area (Å²) in [4.78, 5) is 7.94. The maximum absolute atomic E-state index is 13.0. The van der Waals surface area contributed by atoms with Gasteiger partial charge in [0, 0.05) is 12.5 Å². The number of methoxy groups -OCH3 is 1. The zero-order valence-electron chi connectivity index (χ0n) is 13.9. The van der Waals surface area contributed by atoms with Crippen LogP contribution in [-0.2, 0) is 16.6 Å². The molecule has 1 fully saturated rings. The van der Waals surface area contributed by atoms with Crippen molar-refractivity contribution in [3.63, 3.8) is 0 Å². The number of nitrogens with one attached hydrogen (secondary N) is 1. The summed E-state index contributed by atoms with van der Waals surface area (Å²) in [5.74, 6) is 0.266. The summed E-state index contributed by atoms with van der Waals surface area (Å²) < 4.78 is 46.2. The maximum atomic E-state index is 13.0. The van der Waals surface area contributed by atoms with E-state index >= 15 is 0 Å². The van der Waals surface area contributed by atoms with Crippen molar-refractivity contribution in [2.24, 2.45) is 0 Å². The van der Waals surface area contributed by atoms with Gasteiger partial charge in [-0.05, 0) is 30.5 Å². The smallest absolute Gasteiger partial charge is 0.215 e. The molecule has 0 unspecified atom stereocenters. The highest BCUT2D eigenvalue weighted by Gasteiger charge is 2.39. The van der Waals surface area contributed by atoms with Crippen molar-refractivity contribution >= 4 is 10.0 Å². The normalized spacial score (nSPS) is 20.6. The summed E-state index contributed by atoms with van der Waals surface area (Å²) >= 11 is 0. The first kappa shape index (κ1) is 17.8. The van der Waals surface area contributed by atoms with Gasteiger partial charge in [-0.1, -0.05) is 18.6 Å². The van der Waals surface area contributed by atoms with Crippen molar-refractivity contribution in [3.05, 3.63) is 53.9 Å². The van der Waals surface area contributed by atoms with Gasteiger partial charge in [-0.3, -0.25) is 0 Å². The molecule has 0 bridgehead atoms. The van der Waals surface area contributed by atoms with Crippen LogP contribution in [0.15, 0.2) is 36.7 Å². The molecule has 0 radical (unpaired) electrons. The Morgan fingerprint density at radius 3 is 2.52 bits per heavy atom. The zero-order valence-corrected chi connectivity index (χ0v) is 14.7. The number of rotatable bonds is 6. The summed E-state index contributed by atoms with van der Waals surface area (Å²) in [5, 5.41) is -0.601. The SMILES string of the molecule is COc1ccc(CNS(=O)(=O)[C@H]2CCC[C@H]2c2ncc(F)cn2)cc1. The fraction of sp³-hybridized carbons (Fsp3) is 0.412. The van der Waals surface area contributed by atoms with E-state index in [9.17, 15) is 12.8 Å². The summed E-state index contributed by atoms with van der Waals surface area (Å²) in [6.07, 6.45) is 4.16. The first-order valence-corrected chi connectivity index (χ1v) is 9.63. The van der Waals surface area contributed by atoms with Crippen LogP contribution in [0.1, 0.15) is 36.6 Å². The molecule has 1 aliphatic rings. The third kappa shape index (κ3) is 4.13. The van der Waals surface area contributed by atoms with Gasteiger partial charge < -0.3 is 4.74 Å². The lowest BCUT2D eigenvalue weighted by molar-refractivity contribution is 0.414. The third-order valence-electron chi connectivity index (χ3n) is 4.46. The highest BCUT2D eigenvalue weighted by molar-refractivity contribution is 7.90. The number of halogens is 1. The monoisotopic (exact) mass is 365 g/mol. The number of nitrogens with zero attached hydrogens (tertiary/aromatic N) is 2. The van der Waals surface area contributed by atoms with Crippen molar-refractivity contribution in [2.45, 2.75) is 37.0 Å². The summed E-state index contributed by atoms with van der Waals surface area (Å²) in [6, 6.07) is 7.20. The highest BCUT2D eigenvalue weighted by Crippen LogP contribution is 2.36. The first-order valence-electron chi connectivity index (χ1n) is 8.08. The van der Waals surface area contributed by atoms with Crippen LogP contribution < -0.4 is 9.46 Å².